The Morgan fingerprint density at radius 1 is 1.24 bits per heavy atom. The van der Waals surface area contributed by atoms with Crippen LogP contribution in [0.3, 0.4) is 0 Å². The number of rotatable bonds is 3. The highest BCUT2D eigenvalue weighted by molar-refractivity contribution is 5.81. The third kappa shape index (κ3) is 2.39. The molecule has 0 amide bonds. The van der Waals surface area contributed by atoms with Crippen molar-refractivity contribution in [2.75, 3.05) is 0 Å². The van der Waals surface area contributed by atoms with Crippen LogP contribution in [0.4, 0.5) is 0 Å². The molecule has 1 aromatic heterocycles. The van der Waals surface area contributed by atoms with Gasteiger partial charge in [0.2, 0.25) is 0 Å². The molecule has 3 nitrogen and oxygen atoms in total. The van der Waals surface area contributed by atoms with Gasteiger partial charge in [-0.1, -0.05) is 32.0 Å². The Bertz CT molecular complexity index is 572. The number of aromatic nitrogens is 1. The van der Waals surface area contributed by atoms with E-state index in [1.165, 1.54) is 0 Å². The Hall–Kier alpha value is -1.61. The van der Waals surface area contributed by atoms with Crippen molar-refractivity contribution in [1.29, 1.82) is 0 Å². The van der Waals surface area contributed by atoms with Crippen molar-refractivity contribution < 1.29 is 0 Å². The van der Waals surface area contributed by atoms with Crippen LogP contribution in [0.5, 0.6) is 0 Å². The molecule has 0 aliphatic carbocycles. The molecule has 2 rings (SSSR count). The van der Waals surface area contributed by atoms with E-state index in [0.717, 1.165) is 10.8 Å². The van der Waals surface area contributed by atoms with Crippen LogP contribution in [0, 0.1) is 5.92 Å². The number of nitrogens with zero attached hydrogens (tertiary/aromatic N) is 1. The molecule has 1 atom stereocenters. The number of nitrogens with two attached hydrogens (primary N) is 1. The molecule has 1 aromatic carbocycles. The zero-order valence-corrected chi connectivity index (χ0v) is 10.3. The molecule has 0 saturated heterocycles. The minimum atomic E-state index is 0.00821. The molecular formula is C14H18N2O. The summed E-state index contributed by atoms with van der Waals surface area (Å²) in [4.78, 5) is 12.2. The van der Waals surface area contributed by atoms with Crippen molar-refractivity contribution in [3.05, 3.63) is 46.9 Å². The van der Waals surface area contributed by atoms with E-state index >= 15 is 0 Å². The quantitative estimate of drug-likeness (QED) is 0.876. The second-order valence-electron chi connectivity index (χ2n) is 4.77. The fourth-order valence-electron chi connectivity index (χ4n) is 1.81. The second kappa shape index (κ2) is 4.72. The molecular weight excluding hydrogens is 212 g/mol. The van der Waals surface area contributed by atoms with E-state index in [1.807, 2.05) is 36.5 Å². The standard InChI is InChI=1S/C14H18N2O/c1-10(2)13(15)9-16-8-7-11-5-3-4-6-12(11)14(16)17/h3-8,10,13H,9,15H2,1-2H3. The van der Waals surface area contributed by atoms with Crippen molar-refractivity contribution in [2.45, 2.75) is 26.4 Å². The topological polar surface area (TPSA) is 48.0 Å². The molecule has 1 unspecified atom stereocenters. The summed E-state index contributed by atoms with van der Waals surface area (Å²) in [6, 6.07) is 9.60. The van der Waals surface area contributed by atoms with Crippen LogP contribution in [0.15, 0.2) is 41.3 Å². The zero-order chi connectivity index (χ0) is 12.4. The molecule has 17 heavy (non-hydrogen) atoms. The molecule has 0 aliphatic rings. The fourth-order valence-corrected chi connectivity index (χ4v) is 1.81. The predicted molar refractivity (Wildman–Crippen MR) is 71.0 cm³/mol. The number of pyridine rings is 1. The molecule has 0 spiro atoms. The first-order valence-electron chi connectivity index (χ1n) is 5.93. The first-order valence-corrected chi connectivity index (χ1v) is 5.93. The first-order chi connectivity index (χ1) is 8.09. The molecule has 0 radical (unpaired) electrons. The fraction of sp³-hybridized carbons (Fsp3) is 0.357. The molecule has 0 aliphatic heterocycles. The van der Waals surface area contributed by atoms with Gasteiger partial charge in [0, 0.05) is 24.2 Å². The van der Waals surface area contributed by atoms with Gasteiger partial charge < -0.3 is 10.3 Å². The number of benzene rings is 1. The molecule has 0 fully saturated rings. The minimum absolute atomic E-state index is 0.00821. The van der Waals surface area contributed by atoms with Gasteiger partial charge in [-0.15, -0.1) is 0 Å². The van der Waals surface area contributed by atoms with Crippen molar-refractivity contribution in [3.63, 3.8) is 0 Å². The lowest BCUT2D eigenvalue weighted by atomic mass is 10.1. The van der Waals surface area contributed by atoms with Crippen LogP contribution in [-0.2, 0) is 6.54 Å². The largest absolute Gasteiger partial charge is 0.326 e. The van der Waals surface area contributed by atoms with Gasteiger partial charge in [-0.05, 0) is 23.4 Å². The monoisotopic (exact) mass is 230 g/mol. The summed E-state index contributed by atoms with van der Waals surface area (Å²) in [6.07, 6.45) is 1.83. The van der Waals surface area contributed by atoms with E-state index < -0.39 is 0 Å². The number of hydrogen-bond donors (Lipinski definition) is 1. The van der Waals surface area contributed by atoms with E-state index in [0.29, 0.717) is 12.5 Å². The lowest BCUT2D eigenvalue weighted by Crippen LogP contribution is -2.35. The Labute approximate surface area is 101 Å². The third-order valence-electron chi connectivity index (χ3n) is 3.15. The average Bonchev–Trinajstić information content (AvgIpc) is 2.33. The van der Waals surface area contributed by atoms with Crippen molar-refractivity contribution in [3.8, 4) is 0 Å². The highest BCUT2D eigenvalue weighted by atomic mass is 16.1. The van der Waals surface area contributed by atoms with Crippen LogP contribution in [-0.4, -0.2) is 10.6 Å². The summed E-state index contributed by atoms with van der Waals surface area (Å²) in [5.41, 5.74) is 6.04. The van der Waals surface area contributed by atoms with Crippen LogP contribution >= 0.6 is 0 Å². The summed E-state index contributed by atoms with van der Waals surface area (Å²) < 4.78 is 1.70. The van der Waals surface area contributed by atoms with Gasteiger partial charge in [-0.3, -0.25) is 4.79 Å². The summed E-state index contributed by atoms with van der Waals surface area (Å²) >= 11 is 0. The Morgan fingerprint density at radius 3 is 2.65 bits per heavy atom. The number of hydrogen-bond acceptors (Lipinski definition) is 2. The minimum Gasteiger partial charge on any atom is -0.326 e. The Kier molecular flexibility index (Phi) is 3.29. The highest BCUT2D eigenvalue weighted by Gasteiger charge is 2.10. The predicted octanol–water partition coefficient (Wildman–Crippen LogP) is 1.98. The summed E-state index contributed by atoms with van der Waals surface area (Å²) in [5, 5.41) is 1.73. The van der Waals surface area contributed by atoms with Gasteiger partial charge in [0.1, 0.15) is 0 Å². The van der Waals surface area contributed by atoms with E-state index in [4.69, 9.17) is 5.73 Å². The van der Waals surface area contributed by atoms with Gasteiger partial charge in [0.25, 0.3) is 5.56 Å². The summed E-state index contributed by atoms with van der Waals surface area (Å²) in [5.74, 6) is 0.369. The highest BCUT2D eigenvalue weighted by Crippen LogP contribution is 2.09. The normalized spacial score (nSPS) is 13.2. The van der Waals surface area contributed by atoms with Crippen LogP contribution in [0.25, 0.3) is 10.8 Å². The molecule has 1 heterocycles. The Morgan fingerprint density at radius 2 is 1.94 bits per heavy atom. The van der Waals surface area contributed by atoms with Crippen molar-refractivity contribution in [2.24, 2.45) is 11.7 Å². The molecule has 3 heteroatoms. The SMILES string of the molecule is CC(C)C(N)Cn1ccc2ccccc2c1=O. The van der Waals surface area contributed by atoms with Gasteiger partial charge in [-0.25, -0.2) is 0 Å². The van der Waals surface area contributed by atoms with Gasteiger partial charge in [0.15, 0.2) is 0 Å². The van der Waals surface area contributed by atoms with Crippen LogP contribution in [0.1, 0.15) is 13.8 Å². The summed E-state index contributed by atoms with van der Waals surface area (Å²) in [6.45, 7) is 4.70. The van der Waals surface area contributed by atoms with Gasteiger partial charge >= 0.3 is 0 Å². The second-order valence-corrected chi connectivity index (χ2v) is 4.77. The lowest BCUT2D eigenvalue weighted by Gasteiger charge is -2.17. The maximum absolute atomic E-state index is 12.2. The van der Waals surface area contributed by atoms with E-state index in [-0.39, 0.29) is 11.6 Å². The maximum Gasteiger partial charge on any atom is 0.258 e. The maximum atomic E-state index is 12.2. The molecule has 0 saturated carbocycles. The van der Waals surface area contributed by atoms with Crippen molar-refractivity contribution >= 4 is 10.8 Å². The smallest absolute Gasteiger partial charge is 0.258 e. The van der Waals surface area contributed by atoms with E-state index in [2.05, 4.69) is 13.8 Å². The van der Waals surface area contributed by atoms with Crippen molar-refractivity contribution in [1.82, 2.24) is 4.57 Å². The molecule has 0 bridgehead atoms. The van der Waals surface area contributed by atoms with Gasteiger partial charge in [0.05, 0.1) is 0 Å². The Balaban J connectivity index is 2.43. The molecule has 90 valence electrons. The zero-order valence-electron chi connectivity index (χ0n) is 10.3. The number of fused-ring (bicyclic) bond motifs is 1. The van der Waals surface area contributed by atoms with E-state index in [9.17, 15) is 4.79 Å². The molecule has 2 aromatic rings. The third-order valence-corrected chi connectivity index (χ3v) is 3.15. The van der Waals surface area contributed by atoms with Crippen LogP contribution < -0.4 is 11.3 Å². The first kappa shape index (κ1) is 11.9. The van der Waals surface area contributed by atoms with Crippen LogP contribution in [0.2, 0.25) is 0 Å². The average molecular weight is 230 g/mol. The van der Waals surface area contributed by atoms with Gasteiger partial charge in [-0.2, -0.15) is 0 Å². The lowest BCUT2D eigenvalue weighted by molar-refractivity contribution is 0.429. The summed E-state index contributed by atoms with van der Waals surface area (Å²) in [7, 11) is 0. The van der Waals surface area contributed by atoms with E-state index in [1.54, 1.807) is 4.57 Å². The molecule has 2 N–H and O–H groups in total.